The lowest BCUT2D eigenvalue weighted by molar-refractivity contribution is -0.137. The highest BCUT2D eigenvalue weighted by Gasteiger charge is 2.45. The molecule has 2 aromatic rings. The third-order valence-corrected chi connectivity index (χ3v) is 7.84. The molecule has 0 amide bonds. The van der Waals surface area contributed by atoms with Gasteiger partial charge in [0.15, 0.2) is 17.7 Å². The number of nitrogen functional groups attached to an aromatic ring is 1. The summed E-state index contributed by atoms with van der Waals surface area (Å²) in [7, 11) is -8.34. The van der Waals surface area contributed by atoms with Crippen molar-refractivity contribution in [3.63, 3.8) is 0 Å². The molecule has 2 unspecified atom stereocenters. The molecule has 1 aliphatic rings. The Morgan fingerprint density at radius 3 is 2.66 bits per heavy atom. The molecule has 0 radical (unpaired) electrons. The smallest absolute Gasteiger partial charge is 0.388 e. The molecule has 16 nitrogen and oxygen atoms in total. The summed E-state index contributed by atoms with van der Waals surface area (Å²) in [5.41, 5.74) is 11.4. The van der Waals surface area contributed by atoms with Gasteiger partial charge in [0.1, 0.15) is 36.2 Å². The lowest BCUT2D eigenvalue weighted by atomic mass is 10.1. The van der Waals surface area contributed by atoms with Gasteiger partial charge in [-0.2, -0.15) is 8.42 Å². The van der Waals surface area contributed by atoms with Crippen LogP contribution in [0.3, 0.4) is 0 Å². The summed E-state index contributed by atoms with van der Waals surface area (Å²) in [5, 5.41) is 29.4. The predicted octanol–water partition coefficient (Wildman–Crippen LogP) is -3.20. The molecule has 0 spiro atoms. The first-order valence-electron chi connectivity index (χ1n) is 8.85. The van der Waals surface area contributed by atoms with Crippen LogP contribution in [0, 0.1) is 0 Å². The van der Waals surface area contributed by atoms with Crippen LogP contribution >= 0.6 is 0 Å². The van der Waals surface area contributed by atoms with Crippen LogP contribution in [0.1, 0.15) is 6.23 Å². The van der Waals surface area contributed by atoms with Crippen molar-refractivity contribution in [3.05, 3.63) is 12.7 Å². The van der Waals surface area contributed by atoms with E-state index >= 15 is 0 Å². The Kier molecular flexibility index (Phi) is 6.65. The number of imidazole rings is 1. The van der Waals surface area contributed by atoms with E-state index in [1.165, 1.54) is 17.2 Å². The normalized spacial score (nSPS) is 26.6. The molecule has 3 rings (SSSR count). The fourth-order valence-corrected chi connectivity index (χ4v) is 6.03. The molecule has 3 heterocycles. The molecule has 0 bridgehead atoms. The topological polar surface area (TPSA) is 255 Å². The predicted molar refractivity (Wildman–Crippen MR) is 108 cm³/mol. The molecule has 0 aliphatic carbocycles. The Morgan fingerprint density at radius 2 is 2.00 bits per heavy atom. The van der Waals surface area contributed by atoms with Crippen molar-refractivity contribution >= 4 is 43.0 Å². The van der Waals surface area contributed by atoms with Gasteiger partial charge in [0.2, 0.25) is 0 Å². The number of hydrogen-bond donors (Lipinski definition) is 5. The third-order valence-electron chi connectivity index (χ3n) is 4.43. The lowest BCUT2D eigenvalue weighted by Crippen LogP contribution is -2.37. The number of nitrogens with zero attached hydrogens (tertiary/aromatic N) is 5. The quantitative estimate of drug-likeness (QED) is 0.242. The Morgan fingerprint density at radius 1 is 1.31 bits per heavy atom. The highest BCUT2D eigenvalue weighted by molar-refractivity contribution is 8.01. The van der Waals surface area contributed by atoms with Crippen LogP contribution < -0.4 is 11.5 Å². The number of aliphatic hydroxyl groups is 2. The minimum atomic E-state index is -4.78. The molecule has 1 fully saturated rings. The average Bonchev–Trinajstić information content (AvgIpc) is 3.22. The maximum Gasteiger partial charge on any atom is 0.388 e. The van der Waals surface area contributed by atoms with Crippen LogP contribution in [0.4, 0.5) is 5.82 Å². The van der Waals surface area contributed by atoms with Gasteiger partial charge in [-0.25, -0.2) is 23.3 Å². The molecule has 2 aromatic heterocycles. The summed E-state index contributed by atoms with van der Waals surface area (Å²) in [6.07, 6.45) is -2.29. The fraction of sp³-hybridized carbons (Fsp3) is 0.571. The van der Waals surface area contributed by atoms with Crippen molar-refractivity contribution in [2.75, 3.05) is 24.3 Å². The third kappa shape index (κ3) is 5.11. The van der Waals surface area contributed by atoms with Crippen molar-refractivity contribution in [2.24, 2.45) is 9.50 Å². The van der Waals surface area contributed by atoms with Crippen LogP contribution in [-0.4, -0.2) is 96.4 Å². The molecule has 1 saturated heterocycles. The van der Waals surface area contributed by atoms with Crippen LogP contribution in [0.15, 0.2) is 16.4 Å². The molecule has 32 heavy (non-hydrogen) atoms. The minimum absolute atomic E-state index is 0.0835. The summed E-state index contributed by atoms with van der Waals surface area (Å²) >= 11 is 0. The van der Waals surface area contributed by atoms with Crippen molar-refractivity contribution < 1.29 is 41.7 Å². The number of carboxylic acids is 1. The van der Waals surface area contributed by atoms with E-state index in [1.54, 1.807) is 0 Å². The second kappa shape index (κ2) is 8.81. The number of carbonyl (C=O) groups is 1. The number of hydrogen-bond acceptors (Lipinski definition) is 13. The van der Waals surface area contributed by atoms with E-state index in [2.05, 4.69) is 22.9 Å². The number of rotatable bonds is 8. The molecule has 18 heteroatoms. The van der Waals surface area contributed by atoms with E-state index in [4.69, 9.17) is 21.3 Å². The van der Waals surface area contributed by atoms with E-state index < -0.39 is 68.9 Å². The van der Waals surface area contributed by atoms with Gasteiger partial charge in [0, 0.05) is 6.26 Å². The van der Waals surface area contributed by atoms with E-state index in [-0.39, 0.29) is 17.0 Å². The highest BCUT2D eigenvalue weighted by Crippen LogP contribution is 2.32. The number of nitrogens with two attached hydrogens (primary N) is 2. The number of anilines is 1. The molecular weight excluding hydrogens is 474 g/mol. The number of carboxylic acid groups (broad SMARTS) is 1. The maximum atomic E-state index is 12.3. The van der Waals surface area contributed by atoms with Crippen LogP contribution in [0.5, 0.6) is 0 Å². The van der Waals surface area contributed by atoms with Gasteiger partial charge in [-0.05, 0) is 0 Å². The zero-order valence-corrected chi connectivity index (χ0v) is 18.1. The Labute approximate surface area is 181 Å². The van der Waals surface area contributed by atoms with Crippen LogP contribution in [0.2, 0.25) is 0 Å². The van der Waals surface area contributed by atoms with Crippen LogP contribution in [0.25, 0.3) is 11.2 Å². The van der Waals surface area contributed by atoms with Gasteiger partial charge in [0.25, 0.3) is 0 Å². The molecule has 0 saturated carbocycles. The van der Waals surface area contributed by atoms with Crippen molar-refractivity contribution in [1.29, 1.82) is 0 Å². The fourth-order valence-electron chi connectivity index (χ4n) is 2.96. The number of ether oxygens (including phenoxy) is 1. The molecular formula is C14H21N7O9S2. The van der Waals surface area contributed by atoms with Gasteiger partial charge in [0.05, 0.1) is 28.4 Å². The van der Waals surface area contributed by atoms with Crippen molar-refractivity contribution in [3.8, 4) is 0 Å². The second-order valence-electron chi connectivity index (χ2n) is 6.99. The molecule has 7 N–H and O–H groups in total. The van der Waals surface area contributed by atoms with Crippen molar-refractivity contribution in [2.45, 2.75) is 30.6 Å². The summed E-state index contributed by atoms with van der Waals surface area (Å²) in [4.78, 5) is 22.6. The number of aromatic nitrogens is 4. The number of fused-ring (bicyclic) bond motifs is 1. The van der Waals surface area contributed by atoms with Crippen LogP contribution in [-0.2, 0) is 33.7 Å². The molecule has 6 atom stereocenters. The average molecular weight is 495 g/mol. The van der Waals surface area contributed by atoms with Gasteiger partial charge in [-0.15, -0.1) is 0 Å². The zero-order valence-electron chi connectivity index (χ0n) is 16.5. The maximum absolute atomic E-state index is 12.3. The van der Waals surface area contributed by atoms with E-state index in [0.29, 0.717) is 0 Å². The lowest BCUT2D eigenvalue weighted by Gasteiger charge is -2.16. The van der Waals surface area contributed by atoms with Gasteiger partial charge in [-0.3, -0.25) is 9.36 Å². The molecule has 178 valence electrons. The standard InChI is InChI=1S/C14H21N7O9S2/c1-31(26,3-6(15)14(24)25)20-32(27,28)29-2-7-9(22)10(23)13(30-7)21-5-19-8-11(16)17-4-18-12(8)21/h4-7,9-10,13,22-23H,2-3,15H2,1H3,(H,24,25)(H2,16,17,18)/t6?,7-,9-,10-,13-,31?/m1/s1. The first kappa shape index (κ1) is 24.2. The molecule has 0 aromatic carbocycles. The Bertz CT molecular complexity index is 1240. The summed E-state index contributed by atoms with van der Waals surface area (Å²) < 4.78 is 50.9. The Balaban J connectivity index is 1.73. The van der Waals surface area contributed by atoms with Crippen molar-refractivity contribution in [1.82, 2.24) is 19.5 Å². The summed E-state index contributed by atoms with van der Waals surface area (Å²) in [6.45, 7) is -0.787. The number of aliphatic carboxylic acids is 1. The SMILES string of the molecule is CS(=O)(CC(N)C(=O)O)=NS(=O)(=O)OC[C@H]1O[C@@H](n2cnc3c(N)ncnc32)[C@H](O)[C@@H]1O. The van der Waals surface area contributed by atoms with E-state index in [9.17, 15) is 27.6 Å². The largest absolute Gasteiger partial charge is 0.480 e. The highest BCUT2D eigenvalue weighted by atomic mass is 32.3. The number of aliphatic hydroxyl groups excluding tert-OH is 2. The second-order valence-corrected chi connectivity index (χ2v) is 10.9. The molecule has 1 aliphatic heterocycles. The van der Waals surface area contributed by atoms with Gasteiger partial charge < -0.3 is 31.5 Å². The van der Waals surface area contributed by atoms with E-state index in [0.717, 1.165) is 6.26 Å². The van der Waals surface area contributed by atoms with Gasteiger partial charge in [-0.1, -0.05) is 3.77 Å². The first-order chi connectivity index (χ1) is 14.8. The van der Waals surface area contributed by atoms with E-state index in [1.807, 2.05) is 0 Å². The summed E-state index contributed by atoms with van der Waals surface area (Å²) in [6, 6.07) is -1.59. The van der Waals surface area contributed by atoms with Gasteiger partial charge >= 0.3 is 16.3 Å². The Hall–Kier alpha value is -2.48. The summed E-state index contributed by atoms with van der Waals surface area (Å²) in [5.74, 6) is -2.12. The monoisotopic (exact) mass is 495 g/mol. The zero-order chi connectivity index (χ0) is 23.8. The first-order valence-corrected chi connectivity index (χ1v) is 12.3. The minimum Gasteiger partial charge on any atom is -0.480 e.